The Morgan fingerprint density at radius 1 is 1.13 bits per heavy atom. The number of carbonyl (C=O) groups is 1. The number of aliphatic hydroxyl groups excluding tert-OH is 1. The van der Waals surface area contributed by atoms with Gasteiger partial charge < -0.3 is 19.7 Å². The molecule has 31 heavy (non-hydrogen) atoms. The van der Waals surface area contributed by atoms with E-state index in [1.165, 1.54) is 6.07 Å². The number of ketones is 1. The number of phenolic OH excluding ortho intramolecular Hbond substituents is 2. The molecule has 1 heterocycles. The molecule has 0 aliphatic heterocycles. The summed E-state index contributed by atoms with van der Waals surface area (Å²) in [6.07, 6.45) is -1.08. The summed E-state index contributed by atoms with van der Waals surface area (Å²) < 4.78 is 5.39. The van der Waals surface area contributed by atoms with Gasteiger partial charge in [0.25, 0.3) is 0 Å². The van der Waals surface area contributed by atoms with Gasteiger partial charge in [-0.2, -0.15) is 0 Å². The molecular formula is C25H26O6. The van der Waals surface area contributed by atoms with E-state index in [0.29, 0.717) is 16.7 Å². The third-order valence-corrected chi connectivity index (χ3v) is 5.16. The highest BCUT2D eigenvalue weighted by Gasteiger charge is 2.29. The maximum Gasteiger partial charge on any atom is 0.336 e. The van der Waals surface area contributed by atoms with Crippen molar-refractivity contribution in [1.29, 1.82) is 0 Å². The molecule has 0 amide bonds. The van der Waals surface area contributed by atoms with Crippen molar-refractivity contribution in [2.24, 2.45) is 5.92 Å². The molecule has 0 bridgehead atoms. The van der Waals surface area contributed by atoms with Crippen LogP contribution in [0, 0.1) is 5.92 Å². The Kier molecular flexibility index (Phi) is 6.32. The summed E-state index contributed by atoms with van der Waals surface area (Å²) in [4.78, 5) is 25.3. The second-order valence-electron chi connectivity index (χ2n) is 8.19. The molecule has 162 valence electrons. The minimum atomic E-state index is -1.04. The molecule has 1 atom stereocenters. The quantitative estimate of drug-likeness (QED) is 0.292. The number of benzene rings is 2. The molecule has 0 saturated carbocycles. The Balaban J connectivity index is 2.45. The highest BCUT2D eigenvalue weighted by Crippen LogP contribution is 2.44. The van der Waals surface area contributed by atoms with E-state index in [1.807, 2.05) is 19.9 Å². The number of aromatic hydroxyl groups is 2. The lowest BCUT2D eigenvalue weighted by atomic mass is 9.90. The standard InChI is InChI=1S/C25H26O6/c1-13(2)10-19(27)22-23(29)17(11-18(26)14(3)4)25-21(24(22)30)16(12-20(28)31-25)15-8-6-5-7-9-15/h5-9,12-13,18,26,29-30H,3,10-11H2,1-2,4H3/t18-/m1/s1. The van der Waals surface area contributed by atoms with Gasteiger partial charge in [0.15, 0.2) is 5.78 Å². The van der Waals surface area contributed by atoms with Crippen molar-refractivity contribution in [3.8, 4) is 22.6 Å². The maximum absolute atomic E-state index is 12.9. The summed E-state index contributed by atoms with van der Waals surface area (Å²) in [5.41, 5.74) is 0.531. The van der Waals surface area contributed by atoms with E-state index in [2.05, 4.69) is 6.58 Å². The van der Waals surface area contributed by atoms with Gasteiger partial charge in [-0.15, -0.1) is 0 Å². The summed E-state index contributed by atoms with van der Waals surface area (Å²) in [5, 5.41) is 32.6. The fourth-order valence-electron chi connectivity index (χ4n) is 3.58. The molecule has 3 rings (SSSR count). The molecule has 0 spiro atoms. The summed E-state index contributed by atoms with van der Waals surface area (Å²) in [7, 11) is 0. The van der Waals surface area contributed by atoms with Gasteiger partial charge in [-0.25, -0.2) is 4.79 Å². The van der Waals surface area contributed by atoms with E-state index in [9.17, 15) is 24.9 Å². The highest BCUT2D eigenvalue weighted by molar-refractivity contribution is 6.11. The number of rotatable bonds is 7. The van der Waals surface area contributed by atoms with Crippen LogP contribution in [-0.2, 0) is 6.42 Å². The second kappa shape index (κ2) is 8.78. The topological polar surface area (TPSA) is 108 Å². The number of hydrogen-bond acceptors (Lipinski definition) is 6. The zero-order chi connectivity index (χ0) is 22.9. The van der Waals surface area contributed by atoms with Crippen LogP contribution in [0.1, 0.15) is 43.1 Å². The van der Waals surface area contributed by atoms with Crippen molar-refractivity contribution >= 4 is 16.8 Å². The molecule has 0 aliphatic rings. The molecule has 6 nitrogen and oxygen atoms in total. The first-order valence-corrected chi connectivity index (χ1v) is 10.1. The molecule has 3 aromatic rings. The third kappa shape index (κ3) is 4.39. The van der Waals surface area contributed by atoms with Crippen LogP contribution in [0.3, 0.4) is 0 Å². The van der Waals surface area contributed by atoms with Crippen LogP contribution in [0.15, 0.2) is 57.8 Å². The SMILES string of the molecule is C=C(C)[C@H](O)Cc1c(O)c(C(=O)CC(C)C)c(O)c2c(-c3ccccc3)cc(=O)oc12. The van der Waals surface area contributed by atoms with Crippen LogP contribution in [-0.4, -0.2) is 27.2 Å². The van der Waals surface area contributed by atoms with E-state index in [4.69, 9.17) is 4.42 Å². The van der Waals surface area contributed by atoms with E-state index >= 15 is 0 Å². The van der Waals surface area contributed by atoms with Gasteiger partial charge in [-0.05, 0) is 18.4 Å². The molecule has 0 saturated heterocycles. The fourth-order valence-corrected chi connectivity index (χ4v) is 3.58. The van der Waals surface area contributed by atoms with Gasteiger partial charge in [-0.3, -0.25) is 4.79 Å². The fraction of sp³-hybridized carbons (Fsp3) is 0.280. The molecule has 0 aliphatic carbocycles. The Hall–Kier alpha value is -3.38. The monoisotopic (exact) mass is 422 g/mol. The van der Waals surface area contributed by atoms with Crippen LogP contribution in [0.25, 0.3) is 22.1 Å². The van der Waals surface area contributed by atoms with Crippen LogP contribution < -0.4 is 5.63 Å². The number of Topliss-reactive ketones (excluding diaryl/α,β-unsaturated/α-hetero) is 1. The molecule has 2 aromatic carbocycles. The van der Waals surface area contributed by atoms with Gasteiger partial charge >= 0.3 is 5.63 Å². The van der Waals surface area contributed by atoms with E-state index in [1.54, 1.807) is 31.2 Å². The minimum absolute atomic E-state index is 0.00578. The van der Waals surface area contributed by atoms with Crippen molar-refractivity contribution in [1.82, 2.24) is 0 Å². The number of hydrogen-bond donors (Lipinski definition) is 3. The third-order valence-electron chi connectivity index (χ3n) is 5.16. The van der Waals surface area contributed by atoms with E-state index in [0.717, 1.165) is 0 Å². The van der Waals surface area contributed by atoms with E-state index < -0.39 is 29.0 Å². The summed E-state index contributed by atoms with van der Waals surface area (Å²) in [6, 6.07) is 10.1. The van der Waals surface area contributed by atoms with Gasteiger partial charge in [0.1, 0.15) is 22.6 Å². The number of fused-ring (bicyclic) bond motifs is 1. The summed E-state index contributed by atoms with van der Waals surface area (Å²) >= 11 is 0. The number of phenols is 2. The molecule has 3 N–H and O–H groups in total. The first kappa shape index (κ1) is 22.3. The van der Waals surface area contributed by atoms with Gasteiger partial charge in [0, 0.05) is 30.0 Å². The van der Waals surface area contributed by atoms with Gasteiger partial charge in [0.05, 0.1) is 11.5 Å². The normalized spacial score (nSPS) is 12.3. The van der Waals surface area contributed by atoms with Crippen molar-refractivity contribution < 1.29 is 24.5 Å². The lowest BCUT2D eigenvalue weighted by Gasteiger charge is -2.19. The predicted molar refractivity (Wildman–Crippen MR) is 120 cm³/mol. The average Bonchev–Trinajstić information content (AvgIpc) is 2.70. The number of aliphatic hydroxyl groups is 1. The van der Waals surface area contributed by atoms with Crippen LogP contribution in [0.4, 0.5) is 0 Å². The smallest absolute Gasteiger partial charge is 0.336 e. The van der Waals surface area contributed by atoms with Crippen molar-refractivity contribution in [2.45, 2.75) is 39.7 Å². The molecular weight excluding hydrogens is 396 g/mol. The molecule has 0 unspecified atom stereocenters. The van der Waals surface area contributed by atoms with Crippen LogP contribution >= 0.6 is 0 Å². The lowest BCUT2D eigenvalue weighted by molar-refractivity contribution is 0.0962. The minimum Gasteiger partial charge on any atom is -0.507 e. The Morgan fingerprint density at radius 3 is 2.35 bits per heavy atom. The zero-order valence-corrected chi connectivity index (χ0v) is 17.8. The molecule has 1 aromatic heterocycles. The summed E-state index contributed by atoms with van der Waals surface area (Å²) in [6.45, 7) is 9.05. The Bertz CT molecular complexity index is 1200. The number of carbonyl (C=O) groups excluding carboxylic acids is 1. The highest BCUT2D eigenvalue weighted by atomic mass is 16.4. The van der Waals surface area contributed by atoms with Crippen molar-refractivity contribution in [3.05, 3.63) is 70.1 Å². The zero-order valence-electron chi connectivity index (χ0n) is 17.8. The Labute approximate surface area is 180 Å². The van der Waals surface area contributed by atoms with Crippen LogP contribution in [0.2, 0.25) is 0 Å². The molecule has 0 fully saturated rings. The van der Waals surface area contributed by atoms with Crippen LogP contribution in [0.5, 0.6) is 11.5 Å². The van der Waals surface area contributed by atoms with Gasteiger partial charge in [0.2, 0.25) is 0 Å². The van der Waals surface area contributed by atoms with Crippen molar-refractivity contribution in [3.63, 3.8) is 0 Å². The molecule has 0 radical (unpaired) electrons. The average molecular weight is 422 g/mol. The maximum atomic E-state index is 12.9. The lowest BCUT2D eigenvalue weighted by Crippen LogP contribution is -2.14. The largest absolute Gasteiger partial charge is 0.507 e. The predicted octanol–water partition coefficient (Wildman–Crippen LogP) is 4.58. The summed E-state index contributed by atoms with van der Waals surface area (Å²) in [5.74, 6) is -1.39. The second-order valence-corrected chi connectivity index (χ2v) is 8.19. The van der Waals surface area contributed by atoms with Crippen molar-refractivity contribution in [2.75, 3.05) is 0 Å². The van der Waals surface area contributed by atoms with Gasteiger partial charge in [-0.1, -0.05) is 56.3 Å². The first-order chi connectivity index (χ1) is 14.6. The first-order valence-electron chi connectivity index (χ1n) is 10.1. The molecule has 6 heteroatoms. The Morgan fingerprint density at radius 2 is 1.77 bits per heavy atom. The van der Waals surface area contributed by atoms with E-state index in [-0.39, 0.29) is 40.9 Å².